The van der Waals surface area contributed by atoms with Gasteiger partial charge in [-0.3, -0.25) is 4.79 Å². The van der Waals surface area contributed by atoms with Crippen LogP contribution < -0.4 is 5.32 Å². The monoisotopic (exact) mass is 417 g/mol. The average molecular weight is 417 g/mol. The van der Waals surface area contributed by atoms with E-state index in [9.17, 15) is 4.79 Å². The van der Waals surface area contributed by atoms with E-state index in [-0.39, 0.29) is 5.91 Å². The maximum Gasteiger partial charge on any atom is 0.259 e. The lowest BCUT2D eigenvalue weighted by atomic mass is 10.1. The van der Waals surface area contributed by atoms with Crippen molar-refractivity contribution in [2.75, 3.05) is 0 Å². The summed E-state index contributed by atoms with van der Waals surface area (Å²) in [6.07, 6.45) is 0. The van der Waals surface area contributed by atoms with Crippen molar-refractivity contribution in [3.05, 3.63) is 64.4 Å². The minimum absolute atomic E-state index is 0.213. The van der Waals surface area contributed by atoms with Crippen molar-refractivity contribution in [3.8, 4) is 10.6 Å². The maximum atomic E-state index is 13.2. The highest BCUT2D eigenvalue weighted by molar-refractivity contribution is 7.15. The molecule has 0 unspecified atom stereocenters. The fourth-order valence-corrected chi connectivity index (χ4v) is 4.41. The zero-order chi connectivity index (χ0) is 20.8. The summed E-state index contributed by atoms with van der Waals surface area (Å²) in [5.74, 6) is 0.571. The van der Waals surface area contributed by atoms with Gasteiger partial charge in [0.2, 0.25) is 0 Å². The van der Waals surface area contributed by atoms with E-state index in [1.54, 1.807) is 11.3 Å². The number of imidazole rings is 1. The molecule has 0 aliphatic heterocycles. The zero-order valence-corrected chi connectivity index (χ0v) is 17.6. The van der Waals surface area contributed by atoms with E-state index in [4.69, 9.17) is 4.52 Å². The lowest BCUT2D eigenvalue weighted by Gasteiger charge is -2.08. The number of nitrogens with zero attached hydrogens (tertiary/aromatic N) is 4. The second kappa shape index (κ2) is 7.07. The van der Waals surface area contributed by atoms with Gasteiger partial charge in [-0.25, -0.2) is 9.97 Å². The van der Waals surface area contributed by atoms with Gasteiger partial charge < -0.3 is 14.4 Å². The number of benzene rings is 1. The molecule has 150 valence electrons. The quantitative estimate of drug-likeness (QED) is 0.469. The third kappa shape index (κ3) is 3.05. The van der Waals surface area contributed by atoms with Crippen molar-refractivity contribution in [2.45, 2.75) is 20.4 Å². The first kappa shape index (κ1) is 18.5. The average Bonchev–Trinajstić information content (AvgIpc) is 3.44. The summed E-state index contributed by atoms with van der Waals surface area (Å²) in [4.78, 5) is 24.5. The number of carbonyl (C=O) groups is 1. The van der Waals surface area contributed by atoms with Gasteiger partial charge in [0.1, 0.15) is 5.82 Å². The SMILES string of the molecule is Cc1ccc(-c2cc(C(=O)NCc3nc4ccccc4n3C)c3c(C)noc3n2)s1. The number of aryl methyl sites for hydroxylation is 3. The Morgan fingerprint density at radius 2 is 2.00 bits per heavy atom. The summed E-state index contributed by atoms with van der Waals surface area (Å²) in [5.41, 5.74) is 4.13. The number of rotatable bonds is 4. The van der Waals surface area contributed by atoms with Crippen molar-refractivity contribution in [2.24, 2.45) is 7.05 Å². The lowest BCUT2D eigenvalue weighted by Crippen LogP contribution is -2.24. The van der Waals surface area contributed by atoms with Gasteiger partial charge in [-0.2, -0.15) is 0 Å². The molecule has 5 aromatic rings. The van der Waals surface area contributed by atoms with Gasteiger partial charge in [-0.05, 0) is 44.2 Å². The Morgan fingerprint density at radius 3 is 2.77 bits per heavy atom. The molecule has 0 spiro atoms. The highest BCUT2D eigenvalue weighted by atomic mass is 32.1. The third-order valence-electron chi connectivity index (χ3n) is 5.14. The van der Waals surface area contributed by atoms with Crippen molar-refractivity contribution >= 4 is 39.4 Å². The molecule has 0 saturated heterocycles. The van der Waals surface area contributed by atoms with E-state index in [0.717, 1.165) is 21.7 Å². The maximum absolute atomic E-state index is 13.2. The number of pyridine rings is 1. The molecule has 7 nitrogen and oxygen atoms in total. The van der Waals surface area contributed by atoms with E-state index in [2.05, 4.69) is 20.4 Å². The molecule has 1 N–H and O–H groups in total. The van der Waals surface area contributed by atoms with Gasteiger partial charge in [0.15, 0.2) is 0 Å². The molecule has 8 heteroatoms. The molecule has 1 amide bonds. The van der Waals surface area contributed by atoms with E-state index < -0.39 is 0 Å². The number of aromatic nitrogens is 4. The summed E-state index contributed by atoms with van der Waals surface area (Å²) < 4.78 is 7.37. The van der Waals surface area contributed by atoms with Crippen molar-refractivity contribution in [3.63, 3.8) is 0 Å². The first-order valence-electron chi connectivity index (χ1n) is 9.53. The van der Waals surface area contributed by atoms with Gasteiger partial charge >= 0.3 is 0 Å². The summed E-state index contributed by atoms with van der Waals surface area (Å²) in [6.45, 7) is 4.16. The molecule has 0 atom stereocenters. The second-order valence-electron chi connectivity index (χ2n) is 7.17. The van der Waals surface area contributed by atoms with E-state index >= 15 is 0 Å². The van der Waals surface area contributed by atoms with Crippen LogP contribution in [0.25, 0.3) is 32.7 Å². The Labute approximate surface area is 176 Å². The molecule has 5 rings (SSSR count). The van der Waals surface area contributed by atoms with E-state index in [1.807, 2.05) is 67.9 Å². The molecule has 0 aliphatic carbocycles. The van der Waals surface area contributed by atoms with Crippen LogP contribution in [0.2, 0.25) is 0 Å². The number of hydrogen-bond donors (Lipinski definition) is 1. The molecule has 4 aromatic heterocycles. The fourth-order valence-electron chi connectivity index (χ4n) is 3.58. The molecule has 0 aliphatic rings. The summed E-state index contributed by atoms with van der Waals surface area (Å²) in [6, 6.07) is 13.7. The summed E-state index contributed by atoms with van der Waals surface area (Å²) in [5, 5.41) is 7.64. The highest BCUT2D eigenvalue weighted by Crippen LogP contribution is 2.31. The normalized spacial score (nSPS) is 11.4. The smallest absolute Gasteiger partial charge is 0.259 e. The Hall–Kier alpha value is -3.52. The number of para-hydroxylation sites is 2. The van der Waals surface area contributed by atoms with Crippen molar-refractivity contribution in [1.82, 2.24) is 25.0 Å². The third-order valence-corrected chi connectivity index (χ3v) is 6.16. The molecular formula is C22H19N5O2S. The lowest BCUT2D eigenvalue weighted by molar-refractivity contribution is 0.0951. The van der Waals surface area contributed by atoms with Crippen molar-refractivity contribution < 1.29 is 9.32 Å². The van der Waals surface area contributed by atoms with Gasteiger partial charge in [0.05, 0.1) is 44.8 Å². The summed E-state index contributed by atoms with van der Waals surface area (Å²) >= 11 is 1.62. The van der Waals surface area contributed by atoms with E-state index in [1.165, 1.54) is 4.88 Å². The Balaban J connectivity index is 1.50. The van der Waals surface area contributed by atoms with Gasteiger partial charge in [0, 0.05) is 11.9 Å². The van der Waals surface area contributed by atoms with Gasteiger partial charge in [-0.1, -0.05) is 17.3 Å². The molecule has 1 aromatic carbocycles. The number of nitrogens with one attached hydrogen (secondary N) is 1. The molecule has 30 heavy (non-hydrogen) atoms. The van der Waals surface area contributed by atoms with Crippen LogP contribution in [0.3, 0.4) is 0 Å². The largest absolute Gasteiger partial charge is 0.345 e. The molecule has 0 saturated carbocycles. The molecular weight excluding hydrogens is 398 g/mol. The Kier molecular flexibility index (Phi) is 4.36. The van der Waals surface area contributed by atoms with Crippen LogP contribution in [0.4, 0.5) is 0 Å². The first-order chi connectivity index (χ1) is 14.5. The van der Waals surface area contributed by atoms with Crippen LogP contribution in [-0.2, 0) is 13.6 Å². The molecule has 0 bridgehead atoms. The summed E-state index contributed by atoms with van der Waals surface area (Å²) in [7, 11) is 1.95. The number of amides is 1. The predicted octanol–water partition coefficient (Wildman–Crippen LogP) is 4.38. The first-order valence-corrected chi connectivity index (χ1v) is 10.4. The molecule has 0 radical (unpaired) electrons. The topological polar surface area (TPSA) is 85.8 Å². The Bertz CT molecular complexity index is 1410. The standard InChI is InChI=1S/C22H19N5O2S/c1-12-8-9-18(30-12)16-10-14(20-13(2)26-29-22(20)25-16)21(28)23-11-19-24-15-6-4-5-7-17(15)27(19)3/h4-10H,11H2,1-3H3,(H,23,28). The minimum Gasteiger partial charge on any atom is -0.345 e. The second-order valence-corrected chi connectivity index (χ2v) is 8.46. The zero-order valence-electron chi connectivity index (χ0n) is 16.8. The Morgan fingerprint density at radius 1 is 1.17 bits per heavy atom. The van der Waals surface area contributed by atoms with Crippen LogP contribution in [0.1, 0.15) is 26.8 Å². The van der Waals surface area contributed by atoms with Crippen LogP contribution in [-0.4, -0.2) is 25.6 Å². The minimum atomic E-state index is -0.213. The van der Waals surface area contributed by atoms with Crippen LogP contribution >= 0.6 is 11.3 Å². The molecule has 0 fully saturated rings. The number of carbonyl (C=O) groups excluding carboxylic acids is 1. The van der Waals surface area contributed by atoms with Crippen LogP contribution in [0, 0.1) is 13.8 Å². The van der Waals surface area contributed by atoms with Crippen LogP contribution in [0.5, 0.6) is 0 Å². The number of hydrogen-bond acceptors (Lipinski definition) is 6. The number of fused-ring (bicyclic) bond motifs is 2. The number of thiophene rings is 1. The van der Waals surface area contributed by atoms with Gasteiger partial charge in [-0.15, -0.1) is 11.3 Å². The van der Waals surface area contributed by atoms with E-state index in [0.29, 0.717) is 34.6 Å². The van der Waals surface area contributed by atoms with Crippen molar-refractivity contribution in [1.29, 1.82) is 0 Å². The predicted molar refractivity (Wildman–Crippen MR) is 116 cm³/mol. The molecule has 4 heterocycles. The van der Waals surface area contributed by atoms with Crippen LogP contribution in [0.15, 0.2) is 47.0 Å². The highest BCUT2D eigenvalue weighted by Gasteiger charge is 2.20. The fraction of sp³-hybridized carbons (Fsp3) is 0.182. The van der Waals surface area contributed by atoms with Gasteiger partial charge in [0.25, 0.3) is 11.6 Å².